The fourth-order valence-electron chi connectivity index (χ4n) is 2.96. The predicted molar refractivity (Wildman–Crippen MR) is 100 cm³/mol. The van der Waals surface area contributed by atoms with Gasteiger partial charge in [0.15, 0.2) is 12.4 Å². The lowest BCUT2D eigenvalue weighted by atomic mass is 9.99. The van der Waals surface area contributed by atoms with Crippen molar-refractivity contribution in [3.8, 4) is 0 Å². The van der Waals surface area contributed by atoms with Crippen molar-refractivity contribution >= 4 is 11.9 Å². The Morgan fingerprint density at radius 1 is 0.897 bits per heavy atom. The minimum atomic E-state index is -1.44. The molecule has 0 amide bonds. The lowest BCUT2D eigenvalue weighted by Gasteiger charge is -2.41. The lowest BCUT2D eigenvalue weighted by molar-refractivity contribution is -0.293. The van der Waals surface area contributed by atoms with Gasteiger partial charge < -0.3 is 29.2 Å². The Morgan fingerprint density at radius 3 is 2.00 bits per heavy atom. The number of hydrogen-bond donors (Lipinski definition) is 2. The van der Waals surface area contributed by atoms with E-state index >= 15 is 0 Å². The second-order valence-electron chi connectivity index (χ2n) is 6.46. The van der Waals surface area contributed by atoms with E-state index in [2.05, 4.69) is 0 Å². The van der Waals surface area contributed by atoms with Crippen molar-refractivity contribution < 1.29 is 38.7 Å². The predicted octanol–water partition coefficient (Wildman–Crippen LogP) is 1.16. The summed E-state index contributed by atoms with van der Waals surface area (Å²) in [6.07, 6.45) is -6.44. The zero-order chi connectivity index (χ0) is 20.8. The Balaban J connectivity index is 1.68. The molecule has 1 aliphatic heterocycles. The van der Waals surface area contributed by atoms with Gasteiger partial charge in [-0.2, -0.15) is 0 Å². The molecule has 0 saturated carbocycles. The molecule has 29 heavy (non-hydrogen) atoms. The van der Waals surface area contributed by atoms with Gasteiger partial charge in [0.25, 0.3) is 0 Å². The standard InChI is InChI=1S/C21H22O8/c1-26-21-17(23)18(29-20(25)14-10-6-3-7-11-14)16(22)15(28-21)12-27-19(24)13-8-4-2-5-9-13/h2-11,15-18,21-23H,12H2,1H3/t15-,16+,17-,18+,21+/m1/s1. The summed E-state index contributed by atoms with van der Waals surface area (Å²) in [5.41, 5.74) is 0.604. The number of rotatable bonds is 6. The topological polar surface area (TPSA) is 112 Å². The van der Waals surface area contributed by atoms with Crippen LogP contribution in [0.5, 0.6) is 0 Å². The van der Waals surface area contributed by atoms with E-state index in [0.29, 0.717) is 5.56 Å². The molecule has 8 heteroatoms. The first kappa shape index (κ1) is 20.9. The summed E-state index contributed by atoms with van der Waals surface area (Å²) in [4.78, 5) is 24.5. The smallest absolute Gasteiger partial charge is 0.338 e. The van der Waals surface area contributed by atoms with Crippen molar-refractivity contribution in [3.05, 3.63) is 71.8 Å². The van der Waals surface area contributed by atoms with E-state index in [1.54, 1.807) is 60.7 Å². The highest BCUT2D eigenvalue weighted by Gasteiger charge is 2.47. The second-order valence-corrected chi connectivity index (χ2v) is 6.46. The molecule has 1 heterocycles. The van der Waals surface area contributed by atoms with E-state index in [1.807, 2.05) is 0 Å². The second kappa shape index (κ2) is 9.62. The van der Waals surface area contributed by atoms with Crippen molar-refractivity contribution in [2.24, 2.45) is 0 Å². The van der Waals surface area contributed by atoms with Gasteiger partial charge in [-0.15, -0.1) is 0 Å². The van der Waals surface area contributed by atoms with Crippen LogP contribution in [-0.2, 0) is 18.9 Å². The number of hydrogen-bond acceptors (Lipinski definition) is 8. The number of benzene rings is 2. The van der Waals surface area contributed by atoms with Gasteiger partial charge in [0.1, 0.15) is 24.9 Å². The van der Waals surface area contributed by atoms with E-state index in [4.69, 9.17) is 18.9 Å². The maximum absolute atomic E-state index is 12.3. The largest absolute Gasteiger partial charge is 0.459 e. The maximum atomic E-state index is 12.3. The first-order valence-electron chi connectivity index (χ1n) is 9.04. The van der Waals surface area contributed by atoms with Gasteiger partial charge in [-0.25, -0.2) is 9.59 Å². The lowest BCUT2D eigenvalue weighted by Crippen LogP contribution is -2.60. The van der Waals surface area contributed by atoms with Gasteiger partial charge >= 0.3 is 11.9 Å². The molecule has 1 aliphatic rings. The molecule has 0 radical (unpaired) electrons. The van der Waals surface area contributed by atoms with Crippen LogP contribution in [0.3, 0.4) is 0 Å². The van der Waals surface area contributed by atoms with Crippen molar-refractivity contribution in [2.75, 3.05) is 13.7 Å². The fourth-order valence-corrected chi connectivity index (χ4v) is 2.96. The molecule has 0 spiro atoms. The van der Waals surface area contributed by atoms with E-state index in [1.165, 1.54) is 7.11 Å². The highest BCUT2D eigenvalue weighted by atomic mass is 16.7. The number of esters is 2. The van der Waals surface area contributed by atoms with E-state index in [9.17, 15) is 19.8 Å². The normalized spacial score (nSPS) is 26.5. The molecule has 1 saturated heterocycles. The van der Waals surface area contributed by atoms with Crippen LogP contribution in [0.2, 0.25) is 0 Å². The summed E-state index contributed by atoms with van der Waals surface area (Å²) in [6.45, 7) is -0.319. The zero-order valence-corrected chi connectivity index (χ0v) is 15.7. The molecule has 8 nitrogen and oxygen atoms in total. The van der Waals surface area contributed by atoms with Crippen LogP contribution in [0.1, 0.15) is 20.7 Å². The fraction of sp³-hybridized carbons (Fsp3) is 0.333. The maximum Gasteiger partial charge on any atom is 0.338 e. The van der Waals surface area contributed by atoms with E-state index in [-0.39, 0.29) is 12.2 Å². The van der Waals surface area contributed by atoms with Crippen LogP contribution >= 0.6 is 0 Å². The third-order valence-corrected chi connectivity index (χ3v) is 4.51. The molecule has 2 aromatic carbocycles. The first-order valence-corrected chi connectivity index (χ1v) is 9.04. The summed E-state index contributed by atoms with van der Waals surface area (Å²) in [5, 5.41) is 21.0. The van der Waals surface area contributed by atoms with Gasteiger partial charge in [0.05, 0.1) is 11.1 Å². The summed E-state index contributed by atoms with van der Waals surface area (Å²) in [6, 6.07) is 16.5. The van der Waals surface area contributed by atoms with Crippen molar-refractivity contribution in [1.29, 1.82) is 0 Å². The third-order valence-electron chi connectivity index (χ3n) is 4.51. The SMILES string of the molecule is CO[C@H]1O[C@H](COC(=O)c2ccccc2)[C@H](O)[C@H](OC(=O)c2ccccc2)[C@H]1O. The van der Waals surface area contributed by atoms with Gasteiger partial charge in [-0.1, -0.05) is 36.4 Å². The molecule has 0 unspecified atom stereocenters. The molecular formula is C21H22O8. The number of carbonyl (C=O) groups is 2. The van der Waals surface area contributed by atoms with Gasteiger partial charge in [-0.3, -0.25) is 0 Å². The van der Waals surface area contributed by atoms with Crippen LogP contribution in [0.25, 0.3) is 0 Å². The molecule has 154 valence electrons. The molecule has 1 fully saturated rings. The Bertz CT molecular complexity index is 810. The number of aliphatic hydroxyl groups is 2. The minimum Gasteiger partial charge on any atom is -0.459 e. The molecule has 3 rings (SSSR count). The number of methoxy groups -OCH3 is 1. The highest BCUT2D eigenvalue weighted by Crippen LogP contribution is 2.25. The van der Waals surface area contributed by atoms with E-state index < -0.39 is 42.6 Å². The van der Waals surface area contributed by atoms with E-state index in [0.717, 1.165) is 0 Å². The Labute approximate surface area is 167 Å². The Hall–Kier alpha value is -2.78. The van der Waals surface area contributed by atoms with Gasteiger partial charge in [-0.05, 0) is 24.3 Å². The summed E-state index contributed by atoms with van der Waals surface area (Å²) >= 11 is 0. The van der Waals surface area contributed by atoms with Gasteiger partial charge in [0, 0.05) is 7.11 Å². The average molecular weight is 402 g/mol. The third kappa shape index (κ3) is 4.99. The summed E-state index contributed by atoms with van der Waals surface area (Å²) in [5.74, 6) is -1.31. The molecule has 2 N–H and O–H groups in total. The van der Waals surface area contributed by atoms with Gasteiger partial charge in [0.2, 0.25) is 0 Å². The minimum absolute atomic E-state index is 0.263. The Kier molecular flexibility index (Phi) is 6.95. The highest BCUT2D eigenvalue weighted by molar-refractivity contribution is 5.89. The van der Waals surface area contributed by atoms with Crippen molar-refractivity contribution in [2.45, 2.75) is 30.7 Å². The van der Waals surface area contributed by atoms with Crippen LogP contribution in [0, 0.1) is 0 Å². The van der Waals surface area contributed by atoms with Crippen LogP contribution < -0.4 is 0 Å². The van der Waals surface area contributed by atoms with Crippen LogP contribution in [0.15, 0.2) is 60.7 Å². The molecule has 0 aromatic heterocycles. The first-order chi connectivity index (χ1) is 14.0. The quantitative estimate of drug-likeness (QED) is 0.693. The van der Waals surface area contributed by atoms with Crippen LogP contribution in [-0.4, -0.2) is 66.6 Å². The van der Waals surface area contributed by atoms with Crippen LogP contribution in [0.4, 0.5) is 0 Å². The summed E-state index contributed by atoms with van der Waals surface area (Å²) < 4.78 is 21.1. The zero-order valence-electron chi connectivity index (χ0n) is 15.7. The number of carbonyl (C=O) groups excluding carboxylic acids is 2. The number of ether oxygens (including phenoxy) is 4. The summed E-state index contributed by atoms with van der Waals surface area (Å²) in [7, 11) is 1.30. The van der Waals surface area contributed by atoms with Crippen molar-refractivity contribution in [1.82, 2.24) is 0 Å². The molecule has 5 atom stereocenters. The monoisotopic (exact) mass is 402 g/mol. The molecule has 0 aliphatic carbocycles. The molecule has 2 aromatic rings. The number of aliphatic hydroxyl groups excluding tert-OH is 2. The molecule has 0 bridgehead atoms. The molecular weight excluding hydrogens is 380 g/mol. The Morgan fingerprint density at radius 2 is 1.45 bits per heavy atom. The average Bonchev–Trinajstić information content (AvgIpc) is 2.77. The van der Waals surface area contributed by atoms with Crippen molar-refractivity contribution in [3.63, 3.8) is 0 Å².